The molecule has 0 saturated carbocycles. The first-order valence-electron chi connectivity index (χ1n) is 7.85. The summed E-state index contributed by atoms with van der Waals surface area (Å²) in [6.45, 7) is 4.10. The zero-order valence-electron chi connectivity index (χ0n) is 14.2. The third-order valence-electron chi connectivity index (χ3n) is 2.88. The first-order chi connectivity index (χ1) is 11.8. The van der Waals surface area contributed by atoms with Gasteiger partial charge in [-0.2, -0.15) is 13.2 Å². The lowest BCUT2D eigenvalue weighted by molar-refractivity contribution is -0.153. The van der Waals surface area contributed by atoms with E-state index in [2.05, 4.69) is 25.7 Å². The molecule has 0 aliphatic rings. The largest absolute Gasteiger partial charge is 0.484 e. The van der Waals surface area contributed by atoms with Gasteiger partial charge < -0.3 is 20.7 Å². The number of halogens is 3. The van der Waals surface area contributed by atoms with Gasteiger partial charge in [0, 0.05) is 26.6 Å². The monoisotopic (exact) mass is 360 g/mol. The average molecular weight is 360 g/mol. The minimum absolute atomic E-state index is 0.100. The van der Waals surface area contributed by atoms with Crippen molar-refractivity contribution in [2.75, 3.05) is 26.2 Å². The molecule has 0 unspecified atom stereocenters. The molecule has 0 aromatic heterocycles. The van der Waals surface area contributed by atoms with Gasteiger partial charge in [0.2, 0.25) is 5.91 Å². The molecule has 1 rings (SSSR count). The van der Waals surface area contributed by atoms with Gasteiger partial charge in [0.25, 0.3) is 0 Å². The van der Waals surface area contributed by atoms with E-state index in [0.29, 0.717) is 32.1 Å². The Bertz CT molecular complexity index is 559. The molecule has 0 atom stereocenters. The fourth-order valence-corrected chi connectivity index (χ4v) is 1.79. The van der Waals surface area contributed by atoms with Crippen molar-refractivity contribution in [2.24, 2.45) is 4.99 Å². The Balaban J connectivity index is 2.50. The van der Waals surface area contributed by atoms with Crippen LogP contribution in [0.1, 0.15) is 19.4 Å². The molecule has 0 bridgehead atoms. The molecular formula is C16H23F3N4O2. The number of alkyl halides is 3. The number of carbonyl (C=O) groups is 1. The lowest BCUT2D eigenvalue weighted by Crippen LogP contribution is -2.41. The third-order valence-corrected chi connectivity index (χ3v) is 2.88. The molecule has 0 aliphatic carbocycles. The van der Waals surface area contributed by atoms with Crippen LogP contribution in [0.2, 0.25) is 0 Å². The van der Waals surface area contributed by atoms with Gasteiger partial charge in [-0.15, -0.1) is 0 Å². The van der Waals surface area contributed by atoms with Crippen LogP contribution in [0, 0.1) is 0 Å². The van der Waals surface area contributed by atoms with Crippen LogP contribution >= 0.6 is 0 Å². The van der Waals surface area contributed by atoms with Crippen LogP contribution < -0.4 is 20.7 Å². The third kappa shape index (κ3) is 10.1. The molecule has 1 amide bonds. The molecule has 3 N–H and O–H groups in total. The molecule has 1 aromatic carbocycles. The smallest absolute Gasteiger partial charge is 0.422 e. The van der Waals surface area contributed by atoms with Gasteiger partial charge in [0.05, 0.1) is 6.54 Å². The fourth-order valence-electron chi connectivity index (χ4n) is 1.79. The number of rotatable bonds is 8. The van der Waals surface area contributed by atoms with Gasteiger partial charge in [0.1, 0.15) is 5.75 Å². The summed E-state index contributed by atoms with van der Waals surface area (Å²) in [6.07, 6.45) is -4.35. The quantitative estimate of drug-likeness (QED) is 0.376. The minimum Gasteiger partial charge on any atom is -0.484 e. The number of aliphatic imine (C=N–C) groups is 1. The topological polar surface area (TPSA) is 74.8 Å². The molecule has 0 heterocycles. The van der Waals surface area contributed by atoms with Gasteiger partial charge in [-0.3, -0.25) is 4.79 Å². The zero-order chi connectivity index (χ0) is 18.7. The zero-order valence-corrected chi connectivity index (χ0v) is 14.2. The average Bonchev–Trinajstić information content (AvgIpc) is 2.54. The van der Waals surface area contributed by atoms with E-state index >= 15 is 0 Å². The highest BCUT2D eigenvalue weighted by atomic mass is 19.4. The van der Waals surface area contributed by atoms with Gasteiger partial charge >= 0.3 is 6.18 Å². The summed E-state index contributed by atoms with van der Waals surface area (Å²) in [5, 5.41) is 8.80. The lowest BCUT2D eigenvalue weighted by atomic mass is 10.2. The number of ether oxygens (including phenoxy) is 1. The molecule has 0 radical (unpaired) electrons. The summed E-state index contributed by atoms with van der Waals surface area (Å²) in [4.78, 5) is 15.2. The van der Waals surface area contributed by atoms with Crippen molar-refractivity contribution in [1.29, 1.82) is 0 Å². The molecule has 140 valence electrons. The normalized spacial score (nSPS) is 11.8. The van der Waals surface area contributed by atoms with E-state index in [1.54, 1.807) is 12.1 Å². The number of nitrogens with zero attached hydrogens (tertiary/aromatic N) is 1. The van der Waals surface area contributed by atoms with Crippen LogP contribution in [0.5, 0.6) is 5.75 Å². The van der Waals surface area contributed by atoms with E-state index in [1.165, 1.54) is 19.1 Å². The van der Waals surface area contributed by atoms with Crippen molar-refractivity contribution < 1.29 is 22.7 Å². The summed E-state index contributed by atoms with van der Waals surface area (Å²) in [6, 6.07) is 6.29. The fraction of sp³-hybridized carbons (Fsp3) is 0.500. The number of benzene rings is 1. The summed E-state index contributed by atoms with van der Waals surface area (Å²) in [7, 11) is 0. The predicted octanol–water partition coefficient (Wildman–Crippen LogP) is 1.82. The second-order valence-electron chi connectivity index (χ2n) is 5.15. The van der Waals surface area contributed by atoms with Crippen LogP contribution in [-0.2, 0) is 11.3 Å². The van der Waals surface area contributed by atoms with E-state index in [1.807, 2.05) is 6.92 Å². The van der Waals surface area contributed by atoms with Crippen LogP contribution in [0.3, 0.4) is 0 Å². The molecular weight excluding hydrogens is 337 g/mol. The minimum atomic E-state index is -4.35. The van der Waals surface area contributed by atoms with Crippen molar-refractivity contribution >= 4 is 11.9 Å². The molecule has 0 spiro atoms. The van der Waals surface area contributed by atoms with Crippen molar-refractivity contribution in [2.45, 2.75) is 26.6 Å². The van der Waals surface area contributed by atoms with Crippen molar-refractivity contribution in [3.63, 3.8) is 0 Å². The van der Waals surface area contributed by atoms with Crippen molar-refractivity contribution in [3.05, 3.63) is 29.8 Å². The van der Waals surface area contributed by atoms with Gasteiger partial charge in [-0.05, 0) is 24.6 Å². The molecule has 6 nitrogen and oxygen atoms in total. The number of hydrogen-bond acceptors (Lipinski definition) is 3. The Hall–Kier alpha value is -2.45. The molecule has 0 aliphatic heterocycles. The van der Waals surface area contributed by atoms with Crippen LogP contribution in [0.15, 0.2) is 29.3 Å². The number of hydrogen-bond donors (Lipinski definition) is 3. The van der Waals surface area contributed by atoms with Crippen LogP contribution in [0.4, 0.5) is 13.2 Å². The Morgan fingerprint density at radius 2 is 1.76 bits per heavy atom. The maximum atomic E-state index is 12.1. The molecule has 25 heavy (non-hydrogen) atoms. The van der Waals surface area contributed by atoms with Crippen molar-refractivity contribution in [1.82, 2.24) is 16.0 Å². The first kappa shape index (κ1) is 20.6. The maximum Gasteiger partial charge on any atom is 0.422 e. The number of carbonyl (C=O) groups excluding carboxylic acids is 1. The van der Waals surface area contributed by atoms with E-state index < -0.39 is 12.8 Å². The van der Waals surface area contributed by atoms with Crippen LogP contribution in [0.25, 0.3) is 0 Å². The van der Waals surface area contributed by atoms with Crippen LogP contribution in [-0.4, -0.2) is 44.3 Å². The molecule has 0 saturated heterocycles. The Morgan fingerprint density at radius 1 is 1.12 bits per heavy atom. The van der Waals surface area contributed by atoms with E-state index in [-0.39, 0.29) is 11.7 Å². The summed E-state index contributed by atoms with van der Waals surface area (Å²) < 4.78 is 40.9. The number of nitrogens with one attached hydrogen (secondary N) is 3. The van der Waals surface area contributed by atoms with E-state index in [9.17, 15) is 18.0 Å². The van der Waals surface area contributed by atoms with Gasteiger partial charge in [-0.1, -0.05) is 12.1 Å². The van der Waals surface area contributed by atoms with Crippen molar-refractivity contribution in [3.8, 4) is 5.75 Å². The molecule has 1 aromatic rings. The second kappa shape index (κ2) is 10.4. The summed E-state index contributed by atoms with van der Waals surface area (Å²) in [5.41, 5.74) is 0.832. The second-order valence-corrected chi connectivity index (χ2v) is 5.15. The highest BCUT2D eigenvalue weighted by Gasteiger charge is 2.28. The van der Waals surface area contributed by atoms with Gasteiger partial charge in [0.15, 0.2) is 12.6 Å². The number of amides is 1. The predicted molar refractivity (Wildman–Crippen MR) is 89.5 cm³/mol. The van der Waals surface area contributed by atoms with Gasteiger partial charge in [-0.25, -0.2) is 4.99 Å². The Labute approximate surface area is 144 Å². The van der Waals surface area contributed by atoms with E-state index in [0.717, 1.165) is 5.56 Å². The number of guanidine groups is 1. The molecule has 0 fully saturated rings. The Morgan fingerprint density at radius 3 is 2.32 bits per heavy atom. The summed E-state index contributed by atoms with van der Waals surface area (Å²) in [5.74, 6) is 0.646. The first-order valence-corrected chi connectivity index (χ1v) is 7.85. The standard InChI is InChI=1S/C16H23F3N4O2/c1-3-20-15(22-9-8-21-12(2)24)23-10-13-4-6-14(7-5-13)25-11-16(17,18)19/h4-7H,3,8-11H2,1-2H3,(H,21,24)(H2,20,22,23). The van der Waals surface area contributed by atoms with E-state index in [4.69, 9.17) is 0 Å². The lowest BCUT2D eigenvalue weighted by Gasteiger charge is -2.12. The molecule has 9 heteroatoms. The maximum absolute atomic E-state index is 12.1. The SMILES string of the molecule is CCNC(=NCc1ccc(OCC(F)(F)F)cc1)NCCNC(C)=O. The highest BCUT2D eigenvalue weighted by molar-refractivity contribution is 5.79. The Kier molecular flexibility index (Phi) is 8.59. The summed E-state index contributed by atoms with van der Waals surface area (Å²) >= 11 is 0. The highest BCUT2D eigenvalue weighted by Crippen LogP contribution is 2.19.